The van der Waals surface area contributed by atoms with Gasteiger partial charge in [-0.05, 0) is 17.0 Å². The number of urea groups is 1. The maximum Gasteiger partial charge on any atom is 0.314 e. The number of carbonyl (C=O) groups is 1. The van der Waals surface area contributed by atoms with E-state index in [1.165, 1.54) is 16.2 Å². The molecule has 0 aliphatic carbocycles. The van der Waals surface area contributed by atoms with Crippen molar-refractivity contribution in [1.82, 2.24) is 4.90 Å². The zero-order valence-corrected chi connectivity index (χ0v) is 9.30. The Hall–Kier alpha value is -1.51. The van der Waals surface area contributed by atoms with Gasteiger partial charge in [-0.25, -0.2) is 4.79 Å². The van der Waals surface area contributed by atoms with E-state index in [4.69, 9.17) is 11.5 Å². The predicted octanol–water partition coefficient (Wildman–Crippen LogP) is 0.569. The number of primary amides is 1. The number of nitrogens with zero attached hydrogens (tertiary/aromatic N) is 1. The van der Waals surface area contributed by atoms with Crippen LogP contribution in [0.3, 0.4) is 0 Å². The van der Waals surface area contributed by atoms with E-state index in [9.17, 15) is 4.79 Å². The van der Waals surface area contributed by atoms with Gasteiger partial charge in [-0.2, -0.15) is 0 Å². The van der Waals surface area contributed by atoms with E-state index in [2.05, 4.69) is 11.8 Å². The SMILES string of the molecule is CN(Cc1csc(C#CCN)c1)C(N)=O. The molecule has 5 heteroatoms. The van der Waals surface area contributed by atoms with Crippen molar-refractivity contribution >= 4 is 17.4 Å². The highest BCUT2D eigenvalue weighted by Gasteiger charge is 2.05. The van der Waals surface area contributed by atoms with E-state index in [-0.39, 0.29) is 0 Å². The molecule has 0 radical (unpaired) electrons. The summed E-state index contributed by atoms with van der Waals surface area (Å²) < 4.78 is 0. The van der Waals surface area contributed by atoms with Crippen LogP contribution < -0.4 is 11.5 Å². The van der Waals surface area contributed by atoms with Crippen LogP contribution in [0.15, 0.2) is 11.4 Å². The normalized spacial score (nSPS) is 9.20. The molecule has 0 atom stereocenters. The molecule has 1 rings (SSSR count). The standard InChI is InChI=1S/C10H13N3OS/c1-13(10(12)14)6-8-5-9(15-7-8)3-2-4-11/h5,7H,4,6,11H2,1H3,(H2,12,14). The number of carbonyl (C=O) groups excluding carboxylic acids is 1. The molecule has 0 aliphatic heterocycles. The molecular formula is C10H13N3OS. The number of hydrogen-bond acceptors (Lipinski definition) is 3. The lowest BCUT2D eigenvalue weighted by molar-refractivity contribution is 0.216. The van der Waals surface area contributed by atoms with E-state index >= 15 is 0 Å². The van der Waals surface area contributed by atoms with Crippen molar-refractivity contribution in [2.75, 3.05) is 13.6 Å². The second-order valence-corrected chi connectivity index (χ2v) is 3.93. The summed E-state index contributed by atoms with van der Waals surface area (Å²) in [4.78, 5) is 13.2. The quantitative estimate of drug-likeness (QED) is 0.719. The van der Waals surface area contributed by atoms with Gasteiger partial charge in [0.2, 0.25) is 0 Å². The van der Waals surface area contributed by atoms with Crippen molar-refractivity contribution in [2.24, 2.45) is 11.5 Å². The summed E-state index contributed by atoms with van der Waals surface area (Å²) in [5.41, 5.74) is 11.4. The van der Waals surface area contributed by atoms with Crippen LogP contribution in [0, 0.1) is 11.8 Å². The Morgan fingerprint density at radius 3 is 3.00 bits per heavy atom. The van der Waals surface area contributed by atoms with E-state index in [1.54, 1.807) is 7.05 Å². The van der Waals surface area contributed by atoms with Gasteiger partial charge in [-0.15, -0.1) is 11.3 Å². The third kappa shape index (κ3) is 3.62. The Kier molecular flexibility index (Phi) is 4.16. The summed E-state index contributed by atoms with van der Waals surface area (Å²) in [6.45, 7) is 0.866. The minimum absolute atomic E-state index is 0.356. The van der Waals surface area contributed by atoms with E-state index in [1.807, 2.05) is 11.4 Å². The van der Waals surface area contributed by atoms with Crippen molar-refractivity contribution in [3.63, 3.8) is 0 Å². The summed E-state index contributed by atoms with van der Waals surface area (Å²) in [6, 6.07) is 1.50. The van der Waals surface area contributed by atoms with Gasteiger partial charge in [0.25, 0.3) is 0 Å². The first kappa shape index (κ1) is 11.6. The Morgan fingerprint density at radius 2 is 2.40 bits per heavy atom. The third-order valence-electron chi connectivity index (χ3n) is 1.76. The lowest BCUT2D eigenvalue weighted by Gasteiger charge is -2.12. The largest absolute Gasteiger partial charge is 0.351 e. The number of hydrogen-bond donors (Lipinski definition) is 2. The van der Waals surface area contributed by atoms with Crippen LogP contribution in [0.4, 0.5) is 4.79 Å². The molecule has 0 saturated carbocycles. The minimum atomic E-state index is -0.434. The van der Waals surface area contributed by atoms with E-state index in [0.717, 1.165) is 10.4 Å². The zero-order chi connectivity index (χ0) is 11.3. The van der Waals surface area contributed by atoms with Crippen molar-refractivity contribution < 1.29 is 4.79 Å². The number of nitrogens with two attached hydrogens (primary N) is 2. The molecule has 0 saturated heterocycles. The molecule has 0 spiro atoms. The number of thiophene rings is 1. The first-order valence-electron chi connectivity index (χ1n) is 4.40. The molecule has 0 fully saturated rings. The fourth-order valence-electron chi connectivity index (χ4n) is 1.01. The summed E-state index contributed by atoms with van der Waals surface area (Å²) in [7, 11) is 1.66. The minimum Gasteiger partial charge on any atom is -0.351 e. The molecular weight excluding hydrogens is 210 g/mol. The average molecular weight is 223 g/mol. The molecule has 1 aromatic rings. The lowest BCUT2D eigenvalue weighted by Crippen LogP contribution is -2.31. The lowest BCUT2D eigenvalue weighted by atomic mass is 10.3. The molecule has 80 valence electrons. The second-order valence-electron chi connectivity index (χ2n) is 3.02. The maximum absolute atomic E-state index is 10.8. The van der Waals surface area contributed by atoms with Crippen LogP contribution in [0.25, 0.3) is 0 Å². The van der Waals surface area contributed by atoms with Crippen LogP contribution in [-0.4, -0.2) is 24.5 Å². The number of amides is 2. The Morgan fingerprint density at radius 1 is 1.67 bits per heavy atom. The fourth-order valence-corrected chi connectivity index (χ4v) is 1.79. The summed E-state index contributed by atoms with van der Waals surface area (Å²) in [5.74, 6) is 5.71. The van der Waals surface area contributed by atoms with Crippen LogP contribution in [0.5, 0.6) is 0 Å². The van der Waals surface area contributed by atoms with Crippen molar-refractivity contribution in [3.05, 3.63) is 21.9 Å². The van der Waals surface area contributed by atoms with Gasteiger partial charge in [-0.1, -0.05) is 11.8 Å². The predicted molar refractivity (Wildman–Crippen MR) is 61.3 cm³/mol. The summed E-state index contributed by atoms with van der Waals surface area (Å²) in [6.07, 6.45) is 0. The highest BCUT2D eigenvalue weighted by Crippen LogP contribution is 2.14. The molecule has 1 heterocycles. The molecule has 2 amide bonds. The highest BCUT2D eigenvalue weighted by atomic mass is 32.1. The maximum atomic E-state index is 10.8. The van der Waals surface area contributed by atoms with Gasteiger partial charge in [0.15, 0.2) is 0 Å². The molecule has 1 aromatic heterocycles. The number of rotatable bonds is 2. The Labute approximate surface area is 92.9 Å². The van der Waals surface area contributed by atoms with Crippen molar-refractivity contribution in [1.29, 1.82) is 0 Å². The summed E-state index contributed by atoms with van der Waals surface area (Å²) >= 11 is 1.54. The van der Waals surface area contributed by atoms with Gasteiger partial charge in [-0.3, -0.25) is 0 Å². The van der Waals surface area contributed by atoms with Crippen molar-refractivity contribution in [3.8, 4) is 11.8 Å². The van der Waals surface area contributed by atoms with Crippen LogP contribution in [-0.2, 0) is 6.54 Å². The first-order valence-corrected chi connectivity index (χ1v) is 5.28. The van der Waals surface area contributed by atoms with Gasteiger partial charge < -0.3 is 16.4 Å². The van der Waals surface area contributed by atoms with Crippen molar-refractivity contribution in [2.45, 2.75) is 6.54 Å². The average Bonchev–Trinajstić information content (AvgIpc) is 2.62. The zero-order valence-electron chi connectivity index (χ0n) is 8.49. The first-order chi connectivity index (χ1) is 7.13. The van der Waals surface area contributed by atoms with E-state index in [0.29, 0.717) is 13.1 Å². The molecule has 0 bridgehead atoms. The van der Waals surface area contributed by atoms with Crippen LogP contribution in [0.2, 0.25) is 0 Å². The highest BCUT2D eigenvalue weighted by molar-refractivity contribution is 7.10. The van der Waals surface area contributed by atoms with Crippen LogP contribution in [0.1, 0.15) is 10.4 Å². The molecule has 0 aliphatic rings. The summed E-state index contributed by atoms with van der Waals surface area (Å²) in [5, 5.41) is 1.96. The van der Waals surface area contributed by atoms with Gasteiger partial charge >= 0.3 is 6.03 Å². The van der Waals surface area contributed by atoms with Gasteiger partial charge in [0.05, 0.1) is 11.4 Å². The monoisotopic (exact) mass is 223 g/mol. The van der Waals surface area contributed by atoms with E-state index < -0.39 is 6.03 Å². The molecule has 0 unspecified atom stereocenters. The topological polar surface area (TPSA) is 72.3 Å². The molecule has 4 N–H and O–H groups in total. The Balaban J connectivity index is 2.64. The molecule has 15 heavy (non-hydrogen) atoms. The smallest absolute Gasteiger partial charge is 0.314 e. The Bertz CT molecular complexity index is 402. The molecule has 0 aromatic carbocycles. The molecule has 4 nitrogen and oxygen atoms in total. The second kappa shape index (κ2) is 5.39. The third-order valence-corrected chi connectivity index (χ3v) is 2.66. The van der Waals surface area contributed by atoms with Crippen LogP contribution >= 0.6 is 11.3 Å². The van der Waals surface area contributed by atoms with Gasteiger partial charge in [0.1, 0.15) is 0 Å². The fraction of sp³-hybridized carbons (Fsp3) is 0.300. The van der Waals surface area contributed by atoms with Gasteiger partial charge in [0, 0.05) is 13.6 Å².